The summed E-state index contributed by atoms with van der Waals surface area (Å²) in [7, 11) is 1.70. The van der Waals surface area contributed by atoms with Gasteiger partial charge in [0.15, 0.2) is 5.96 Å². The third kappa shape index (κ3) is 7.27. The third-order valence-electron chi connectivity index (χ3n) is 3.45. The van der Waals surface area contributed by atoms with Crippen LogP contribution in [0.4, 0.5) is 5.69 Å². The number of non-ortho nitro benzene ring substituents is 1. The maximum absolute atomic E-state index is 10.6. The van der Waals surface area contributed by atoms with Gasteiger partial charge in [0.05, 0.1) is 4.92 Å². The van der Waals surface area contributed by atoms with Crippen molar-refractivity contribution in [2.45, 2.75) is 13.0 Å². The summed E-state index contributed by atoms with van der Waals surface area (Å²) in [5.41, 5.74) is 2.23. The highest BCUT2D eigenvalue weighted by molar-refractivity contribution is 14.0. The average molecular weight is 475 g/mol. The molecular formula is C17H20ClIN4O2. The van der Waals surface area contributed by atoms with Crippen LogP contribution in [0.3, 0.4) is 0 Å². The van der Waals surface area contributed by atoms with Crippen LogP contribution in [0.5, 0.6) is 0 Å². The van der Waals surface area contributed by atoms with Crippen molar-refractivity contribution in [3.8, 4) is 0 Å². The molecule has 0 aliphatic carbocycles. The van der Waals surface area contributed by atoms with E-state index in [0.29, 0.717) is 12.5 Å². The molecule has 0 atom stereocenters. The number of rotatable bonds is 6. The lowest BCUT2D eigenvalue weighted by Gasteiger charge is -2.12. The molecule has 25 heavy (non-hydrogen) atoms. The Morgan fingerprint density at radius 1 is 1.08 bits per heavy atom. The number of nitro groups is 1. The van der Waals surface area contributed by atoms with Crippen LogP contribution in [0.15, 0.2) is 53.5 Å². The quantitative estimate of drug-likeness (QED) is 0.220. The van der Waals surface area contributed by atoms with E-state index in [9.17, 15) is 10.1 Å². The van der Waals surface area contributed by atoms with E-state index in [4.69, 9.17) is 11.6 Å². The van der Waals surface area contributed by atoms with Gasteiger partial charge >= 0.3 is 0 Å². The second kappa shape index (κ2) is 10.9. The molecule has 0 amide bonds. The topological polar surface area (TPSA) is 79.6 Å². The van der Waals surface area contributed by atoms with Gasteiger partial charge in [-0.2, -0.15) is 0 Å². The van der Waals surface area contributed by atoms with Crippen LogP contribution < -0.4 is 10.6 Å². The molecule has 0 aliphatic heterocycles. The molecule has 2 aromatic rings. The highest BCUT2D eigenvalue weighted by Crippen LogP contribution is 2.11. The molecule has 0 saturated heterocycles. The minimum absolute atomic E-state index is 0. The molecule has 2 rings (SSSR count). The van der Waals surface area contributed by atoms with Crippen molar-refractivity contribution < 1.29 is 4.92 Å². The van der Waals surface area contributed by atoms with Gasteiger partial charge in [-0.3, -0.25) is 15.1 Å². The standard InChI is InChI=1S/C17H19ClN4O2.HI/c1-19-17(20-11-10-13-2-6-15(18)7-3-13)21-12-14-4-8-16(9-5-14)22(23)24;/h2-9H,10-12H2,1H3,(H2,19,20,21);1H. The number of nitrogens with zero attached hydrogens (tertiary/aromatic N) is 2. The first-order valence-electron chi connectivity index (χ1n) is 7.51. The predicted molar refractivity (Wildman–Crippen MR) is 112 cm³/mol. The molecule has 2 aromatic carbocycles. The Morgan fingerprint density at radius 2 is 1.68 bits per heavy atom. The van der Waals surface area contributed by atoms with Gasteiger partial charge in [0.1, 0.15) is 0 Å². The maximum atomic E-state index is 10.6. The van der Waals surface area contributed by atoms with Crippen molar-refractivity contribution in [1.82, 2.24) is 10.6 Å². The van der Waals surface area contributed by atoms with Gasteiger partial charge in [-0.1, -0.05) is 35.9 Å². The Kier molecular flexibility index (Phi) is 9.22. The van der Waals surface area contributed by atoms with Crippen LogP contribution in [0.2, 0.25) is 5.02 Å². The summed E-state index contributed by atoms with van der Waals surface area (Å²) in [6, 6.07) is 14.2. The van der Waals surface area contributed by atoms with Gasteiger partial charge in [-0.25, -0.2) is 0 Å². The van der Waals surface area contributed by atoms with Crippen LogP contribution in [0.25, 0.3) is 0 Å². The molecule has 0 unspecified atom stereocenters. The van der Waals surface area contributed by atoms with Crippen molar-refractivity contribution in [3.63, 3.8) is 0 Å². The van der Waals surface area contributed by atoms with Gasteiger partial charge in [0, 0.05) is 37.3 Å². The van der Waals surface area contributed by atoms with Gasteiger partial charge in [-0.05, 0) is 29.7 Å². The molecule has 0 heterocycles. The zero-order valence-electron chi connectivity index (χ0n) is 13.7. The summed E-state index contributed by atoms with van der Waals surface area (Å²) < 4.78 is 0. The first kappa shape index (κ1) is 21.2. The Labute approximate surface area is 168 Å². The highest BCUT2D eigenvalue weighted by Gasteiger charge is 2.04. The van der Waals surface area contributed by atoms with Crippen LogP contribution >= 0.6 is 35.6 Å². The molecule has 8 heteroatoms. The van der Waals surface area contributed by atoms with E-state index in [1.54, 1.807) is 19.2 Å². The smallest absolute Gasteiger partial charge is 0.269 e. The number of guanidine groups is 1. The number of aliphatic imine (C=N–C) groups is 1. The third-order valence-corrected chi connectivity index (χ3v) is 3.70. The second-order valence-electron chi connectivity index (χ2n) is 5.15. The molecule has 0 bridgehead atoms. The van der Waals surface area contributed by atoms with Gasteiger partial charge in [0.25, 0.3) is 5.69 Å². The molecule has 0 spiro atoms. The zero-order chi connectivity index (χ0) is 17.4. The fourth-order valence-corrected chi connectivity index (χ4v) is 2.24. The summed E-state index contributed by atoms with van der Waals surface area (Å²) >= 11 is 5.86. The first-order valence-corrected chi connectivity index (χ1v) is 7.88. The van der Waals surface area contributed by atoms with Crippen LogP contribution in [0.1, 0.15) is 11.1 Å². The second-order valence-corrected chi connectivity index (χ2v) is 5.59. The van der Waals surface area contributed by atoms with Crippen molar-refractivity contribution in [1.29, 1.82) is 0 Å². The van der Waals surface area contributed by atoms with Gasteiger partial charge < -0.3 is 10.6 Å². The Bertz CT molecular complexity index is 706. The molecular weight excluding hydrogens is 455 g/mol. The summed E-state index contributed by atoms with van der Waals surface area (Å²) in [4.78, 5) is 14.4. The molecule has 0 aromatic heterocycles. The van der Waals surface area contributed by atoms with Crippen molar-refractivity contribution in [3.05, 3.63) is 74.8 Å². The fraction of sp³-hybridized carbons (Fsp3) is 0.235. The lowest BCUT2D eigenvalue weighted by molar-refractivity contribution is -0.384. The van der Waals surface area contributed by atoms with E-state index >= 15 is 0 Å². The molecule has 0 radical (unpaired) electrons. The predicted octanol–water partition coefficient (Wildman–Crippen LogP) is 3.77. The summed E-state index contributed by atoms with van der Waals surface area (Å²) in [6.45, 7) is 1.28. The maximum Gasteiger partial charge on any atom is 0.269 e. The first-order chi connectivity index (χ1) is 11.6. The van der Waals surface area contributed by atoms with E-state index in [-0.39, 0.29) is 29.7 Å². The van der Waals surface area contributed by atoms with Crippen LogP contribution in [0, 0.1) is 10.1 Å². The Morgan fingerprint density at radius 3 is 2.24 bits per heavy atom. The summed E-state index contributed by atoms with van der Waals surface area (Å²) in [6.07, 6.45) is 0.857. The molecule has 2 N–H and O–H groups in total. The average Bonchev–Trinajstić information content (AvgIpc) is 2.60. The summed E-state index contributed by atoms with van der Waals surface area (Å²) in [5.74, 6) is 0.683. The highest BCUT2D eigenvalue weighted by atomic mass is 127. The van der Waals surface area contributed by atoms with Crippen LogP contribution in [-0.4, -0.2) is 24.5 Å². The SMILES string of the molecule is CN=C(NCCc1ccc(Cl)cc1)NCc1ccc([N+](=O)[O-])cc1.I. The Hall–Kier alpha value is -1.87. The lowest BCUT2D eigenvalue weighted by Crippen LogP contribution is -2.37. The molecule has 0 saturated carbocycles. The van der Waals surface area contributed by atoms with E-state index in [1.165, 1.54) is 17.7 Å². The largest absolute Gasteiger partial charge is 0.356 e. The van der Waals surface area contributed by atoms with Crippen LogP contribution in [-0.2, 0) is 13.0 Å². The number of halogens is 2. The number of benzene rings is 2. The number of nitro benzene ring substituents is 1. The van der Waals surface area contributed by atoms with E-state index < -0.39 is 4.92 Å². The molecule has 134 valence electrons. The van der Waals surface area contributed by atoms with E-state index in [2.05, 4.69) is 15.6 Å². The number of hydrogen-bond donors (Lipinski definition) is 2. The monoisotopic (exact) mass is 474 g/mol. The number of nitrogens with one attached hydrogen (secondary N) is 2. The lowest BCUT2D eigenvalue weighted by atomic mass is 10.1. The van der Waals surface area contributed by atoms with Crippen molar-refractivity contribution in [2.75, 3.05) is 13.6 Å². The normalized spacial score (nSPS) is 10.7. The van der Waals surface area contributed by atoms with Gasteiger partial charge in [0.2, 0.25) is 0 Å². The zero-order valence-corrected chi connectivity index (χ0v) is 16.8. The van der Waals surface area contributed by atoms with Crippen molar-refractivity contribution >= 4 is 47.2 Å². The minimum Gasteiger partial charge on any atom is -0.356 e. The van der Waals surface area contributed by atoms with E-state index in [1.807, 2.05) is 24.3 Å². The minimum atomic E-state index is -0.408. The Balaban J connectivity index is 0.00000312. The van der Waals surface area contributed by atoms with E-state index in [0.717, 1.165) is 23.6 Å². The van der Waals surface area contributed by atoms with Gasteiger partial charge in [-0.15, -0.1) is 24.0 Å². The molecule has 0 aliphatic rings. The molecule has 0 fully saturated rings. The van der Waals surface area contributed by atoms with Crippen molar-refractivity contribution in [2.24, 2.45) is 4.99 Å². The summed E-state index contributed by atoms with van der Waals surface area (Å²) in [5, 5.41) is 17.8. The number of hydrogen-bond acceptors (Lipinski definition) is 3. The molecule has 6 nitrogen and oxygen atoms in total. The fourth-order valence-electron chi connectivity index (χ4n) is 2.12.